The molecule has 3 rings (SSSR count). The quantitative estimate of drug-likeness (QED) is 0.905. The molecule has 1 aliphatic heterocycles. The van der Waals surface area contributed by atoms with Crippen LogP contribution in [0.25, 0.3) is 0 Å². The van der Waals surface area contributed by atoms with Crippen LogP contribution in [0.1, 0.15) is 16.7 Å². The molecule has 22 heavy (non-hydrogen) atoms. The lowest BCUT2D eigenvalue weighted by Gasteiger charge is -2.08. The Morgan fingerprint density at radius 3 is 2.59 bits per heavy atom. The maximum absolute atomic E-state index is 12.3. The van der Waals surface area contributed by atoms with Crippen LogP contribution in [0.4, 0.5) is 5.69 Å². The summed E-state index contributed by atoms with van der Waals surface area (Å²) in [5.41, 5.74) is 3.42. The Labute approximate surface area is 129 Å². The van der Waals surface area contributed by atoms with Gasteiger partial charge in [0.1, 0.15) is 0 Å². The molecule has 0 aliphatic carbocycles. The van der Waals surface area contributed by atoms with E-state index in [2.05, 4.69) is 10.0 Å². The summed E-state index contributed by atoms with van der Waals surface area (Å²) >= 11 is 0. The fourth-order valence-corrected chi connectivity index (χ4v) is 3.41. The number of aryl methyl sites for hydroxylation is 1. The number of amides is 1. The average molecular weight is 316 g/mol. The number of rotatable bonds is 4. The molecule has 2 aromatic rings. The maximum atomic E-state index is 12.3. The van der Waals surface area contributed by atoms with E-state index < -0.39 is 10.0 Å². The van der Waals surface area contributed by atoms with Crippen molar-refractivity contribution < 1.29 is 13.2 Å². The van der Waals surface area contributed by atoms with Crippen LogP contribution >= 0.6 is 0 Å². The van der Waals surface area contributed by atoms with Gasteiger partial charge in [-0.1, -0.05) is 29.8 Å². The molecule has 0 saturated heterocycles. The van der Waals surface area contributed by atoms with Crippen molar-refractivity contribution in [2.75, 3.05) is 5.32 Å². The first-order valence-corrected chi connectivity index (χ1v) is 8.40. The lowest BCUT2D eigenvalue weighted by molar-refractivity contribution is -0.115. The van der Waals surface area contributed by atoms with Crippen molar-refractivity contribution in [1.29, 1.82) is 0 Å². The molecule has 0 unspecified atom stereocenters. The predicted octanol–water partition coefficient (Wildman–Crippen LogP) is 1.97. The zero-order chi connectivity index (χ0) is 15.7. The summed E-state index contributed by atoms with van der Waals surface area (Å²) in [6, 6.07) is 12.3. The van der Waals surface area contributed by atoms with E-state index in [1.165, 1.54) is 6.07 Å². The van der Waals surface area contributed by atoms with Crippen molar-refractivity contribution in [3.8, 4) is 0 Å². The fraction of sp³-hybridized carbons (Fsp3) is 0.188. The summed E-state index contributed by atoms with van der Waals surface area (Å²) in [6.07, 6.45) is 0.219. The van der Waals surface area contributed by atoms with Crippen LogP contribution in [0.15, 0.2) is 47.4 Å². The second kappa shape index (κ2) is 5.55. The van der Waals surface area contributed by atoms with Gasteiger partial charge in [0.15, 0.2) is 0 Å². The molecule has 2 N–H and O–H groups in total. The van der Waals surface area contributed by atoms with Gasteiger partial charge in [-0.2, -0.15) is 0 Å². The lowest BCUT2D eigenvalue weighted by Crippen LogP contribution is -2.23. The Kier molecular flexibility index (Phi) is 3.72. The SMILES string of the molecule is Cc1ccc(CNS(=O)(=O)c2ccc3c(c2)CC(=O)N3)cc1. The molecule has 0 spiro atoms. The van der Waals surface area contributed by atoms with Crippen molar-refractivity contribution >= 4 is 21.6 Å². The van der Waals surface area contributed by atoms with Gasteiger partial charge in [-0.3, -0.25) is 4.79 Å². The second-order valence-corrected chi connectivity index (χ2v) is 7.12. The monoisotopic (exact) mass is 316 g/mol. The minimum atomic E-state index is -3.60. The van der Waals surface area contributed by atoms with Crippen molar-refractivity contribution in [2.45, 2.75) is 24.8 Å². The van der Waals surface area contributed by atoms with E-state index in [1.807, 2.05) is 31.2 Å². The summed E-state index contributed by atoms with van der Waals surface area (Å²) in [4.78, 5) is 11.5. The summed E-state index contributed by atoms with van der Waals surface area (Å²) in [7, 11) is -3.60. The molecule has 1 aliphatic rings. The maximum Gasteiger partial charge on any atom is 0.240 e. The molecule has 2 aromatic carbocycles. The standard InChI is InChI=1S/C16H16N2O3S/c1-11-2-4-12(5-3-11)10-17-22(20,21)14-6-7-15-13(8-14)9-16(19)18-15/h2-8,17H,9-10H2,1H3,(H,18,19). The summed E-state index contributed by atoms with van der Waals surface area (Å²) in [6.45, 7) is 2.21. The van der Waals surface area contributed by atoms with Crippen molar-refractivity contribution in [3.05, 3.63) is 59.2 Å². The zero-order valence-corrected chi connectivity index (χ0v) is 12.9. The molecule has 0 fully saturated rings. The van der Waals surface area contributed by atoms with Crippen molar-refractivity contribution in [3.63, 3.8) is 0 Å². The third-order valence-corrected chi connectivity index (χ3v) is 5.00. The molecule has 0 saturated carbocycles. The van der Waals surface area contributed by atoms with Gasteiger partial charge in [-0.15, -0.1) is 0 Å². The number of carbonyl (C=O) groups excluding carboxylic acids is 1. The van der Waals surface area contributed by atoms with Crippen LogP contribution < -0.4 is 10.0 Å². The number of carbonyl (C=O) groups is 1. The van der Waals surface area contributed by atoms with Gasteiger partial charge in [-0.05, 0) is 36.2 Å². The molecule has 0 aromatic heterocycles. The molecular weight excluding hydrogens is 300 g/mol. The van der Waals surface area contributed by atoms with E-state index in [9.17, 15) is 13.2 Å². The lowest BCUT2D eigenvalue weighted by atomic mass is 10.2. The van der Waals surface area contributed by atoms with Crippen LogP contribution in [0.2, 0.25) is 0 Å². The highest BCUT2D eigenvalue weighted by Crippen LogP contribution is 2.25. The van der Waals surface area contributed by atoms with E-state index in [0.29, 0.717) is 11.3 Å². The van der Waals surface area contributed by atoms with Gasteiger partial charge in [0.2, 0.25) is 15.9 Å². The number of anilines is 1. The van der Waals surface area contributed by atoms with Gasteiger partial charge >= 0.3 is 0 Å². The number of fused-ring (bicyclic) bond motifs is 1. The fourth-order valence-electron chi connectivity index (χ4n) is 2.34. The Bertz CT molecular complexity index is 827. The largest absolute Gasteiger partial charge is 0.326 e. The summed E-state index contributed by atoms with van der Waals surface area (Å²) in [5.74, 6) is -0.114. The van der Waals surface area contributed by atoms with Crippen LogP contribution in [-0.2, 0) is 27.8 Å². The van der Waals surface area contributed by atoms with Crippen LogP contribution in [0.3, 0.4) is 0 Å². The number of benzene rings is 2. The topological polar surface area (TPSA) is 75.3 Å². The van der Waals surface area contributed by atoms with Crippen LogP contribution in [0.5, 0.6) is 0 Å². The normalized spacial score (nSPS) is 13.8. The highest BCUT2D eigenvalue weighted by molar-refractivity contribution is 7.89. The van der Waals surface area contributed by atoms with Gasteiger partial charge in [0, 0.05) is 12.2 Å². The molecular formula is C16H16N2O3S. The highest BCUT2D eigenvalue weighted by atomic mass is 32.2. The van der Waals surface area contributed by atoms with Gasteiger partial charge in [-0.25, -0.2) is 13.1 Å². The van der Waals surface area contributed by atoms with E-state index in [4.69, 9.17) is 0 Å². The Morgan fingerprint density at radius 2 is 1.86 bits per heavy atom. The van der Waals surface area contributed by atoms with Crippen molar-refractivity contribution in [2.24, 2.45) is 0 Å². The van der Waals surface area contributed by atoms with Gasteiger partial charge in [0.05, 0.1) is 11.3 Å². The number of nitrogens with one attached hydrogen (secondary N) is 2. The first-order valence-electron chi connectivity index (χ1n) is 6.92. The van der Waals surface area contributed by atoms with E-state index >= 15 is 0 Å². The molecule has 6 heteroatoms. The minimum absolute atomic E-state index is 0.114. The van der Waals surface area contributed by atoms with Gasteiger partial charge < -0.3 is 5.32 Å². The predicted molar refractivity (Wildman–Crippen MR) is 84.0 cm³/mol. The number of hydrogen-bond acceptors (Lipinski definition) is 3. The van der Waals surface area contributed by atoms with E-state index in [-0.39, 0.29) is 23.8 Å². The first-order chi connectivity index (χ1) is 10.4. The first kappa shape index (κ1) is 14.7. The molecule has 0 radical (unpaired) electrons. The van der Waals surface area contributed by atoms with Crippen molar-refractivity contribution in [1.82, 2.24) is 4.72 Å². The third-order valence-electron chi connectivity index (χ3n) is 3.60. The Balaban J connectivity index is 1.77. The minimum Gasteiger partial charge on any atom is -0.326 e. The van der Waals surface area contributed by atoms with Crippen LogP contribution in [0, 0.1) is 6.92 Å². The summed E-state index contributed by atoms with van der Waals surface area (Å²) in [5, 5.41) is 2.68. The van der Waals surface area contributed by atoms with Crippen LogP contribution in [-0.4, -0.2) is 14.3 Å². The molecule has 1 amide bonds. The molecule has 114 valence electrons. The van der Waals surface area contributed by atoms with Gasteiger partial charge in [0.25, 0.3) is 0 Å². The summed E-state index contributed by atoms with van der Waals surface area (Å²) < 4.78 is 27.3. The third kappa shape index (κ3) is 3.03. The Hall–Kier alpha value is -2.18. The number of hydrogen-bond donors (Lipinski definition) is 2. The Morgan fingerprint density at radius 1 is 1.14 bits per heavy atom. The average Bonchev–Trinajstić information content (AvgIpc) is 2.86. The zero-order valence-electron chi connectivity index (χ0n) is 12.1. The molecule has 1 heterocycles. The highest BCUT2D eigenvalue weighted by Gasteiger charge is 2.21. The second-order valence-electron chi connectivity index (χ2n) is 5.35. The smallest absolute Gasteiger partial charge is 0.240 e. The molecule has 0 bridgehead atoms. The molecule has 5 nitrogen and oxygen atoms in total. The van der Waals surface area contributed by atoms with E-state index in [0.717, 1.165) is 11.1 Å². The number of sulfonamides is 1. The molecule has 0 atom stereocenters. The van der Waals surface area contributed by atoms with E-state index in [1.54, 1.807) is 12.1 Å².